The maximum Gasteiger partial charge on any atom is 0.173 e. The van der Waals surface area contributed by atoms with E-state index in [4.69, 9.17) is 12.2 Å². The summed E-state index contributed by atoms with van der Waals surface area (Å²) in [6.07, 6.45) is 3.22. The van der Waals surface area contributed by atoms with Gasteiger partial charge in [-0.2, -0.15) is 5.10 Å². The van der Waals surface area contributed by atoms with Gasteiger partial charge in [-0.15, -0.1) is 0 Å². The Morgan fingerprint density at radius 2 is 1.63 bits per heavy atom. The maximum absolute atomic E-state index is 5.60. The second-order valence-corrected chi connectivity index (χ2v) is 7.31. The molecule has 140 valence electrons. The van der Waals surface area contributed by atoms with Gasteiger partial charge in [0.15, 0.2) is 5.11 Å². The second-order valence-electron chi connectivity index (χ2n) is 6.93. The quantitative estimate of drug-likeness (QED) is 0.646. The lowest BCUT2D eigenvalue weighted by atomic mass is 10.0. The molecule has 0 radical (unpaired) electrons. The highest BCUT2D eigenvalue weighted by Gasteiger charge is 2.15. The van der Waals surface area contributed by atoms with Gasteiger partial charge in [-0.3, -0.25) is 0 Å². The summed E-state index contributed by atoms with van der Waals surface area (Å²) in [5.74, 6) is 0.522. The van der Waals surface area contributed by atoms with Crippen molar-refractivity contribution in [2.45, 2.75) is 32.7 Å². The number of thiocarbonyl (C=S) groups is 1. The molecule has 0 saturated heterocycles. The fourth-order valence-corrected chi connectivity index (χ4v) is 3.09. The molecule has 27 heavy (non-hydrogen) atoms. The molecule has 3 aromatic rings. The first kappa shape index (κ1) is 19.0. The number of hydrogen-bond acceptors (Lipinski definition) is 3. The van der Waals surface area contributed by atoms with Crippen molar-refractivity contribution in [2.75, 3.05) is 12.4 Å². The van der Waals surface area contributed by atoms with Crippen LogP contribution in [-0.4, -0.2) is 31.8 Å². The molecule has 1 N–H and O–H groups in total. The van der Waals surface area contributed by atoms with Gasteiger partial charge in [0.2, 0.25) is 0 Å². The van der Waals surface area contributed by atoms with Crippen molar-refractivity contribution in [3.63, 3.8) is 0 Å². The summed E-state index contributed by atoms with van der Waals surface area (Å²) in [6, 6.07) is 16.8. The van der Waals surface area contributed by atoms with E-state index in [1.54, 1.807) is 11.0 Å². The number of nitrogens with zero attached hydrogens (tertiary/aromatic N) is 4. The van der Waals surface area contributed by atoms with Crippen molar-refractivity contribution in [3.8, 4) is 5.69 Å². The molecule has 0 bridgehead atoms. The van der Waals surface area contributed by atoms with E-state index in [-0.39, 0.29) is 6.04 Å². The standard InChI is InChI=1S/C21H25N5S/c1-15(2)17-5-9-19(10-6-17)24-21(27)25(4)16(3)18-7-11-20(12-8-18)26-14-22-13-23-26/h5-16H,1-4H3,(H,24,27)/t16-/m0/s1. The average molecular weight is 380 g/mol. The van der Waals surface area contributed by atoms with E-state index in [1.807, 2.05) is 19.2 Å². The van der Waals surface area contributed by atoms with Gasteiger partial charge >= 0.3 is 0 Å². The number of anilines is 1. The number of benzene rings is 2. The normalized spacial score (nSPS) is 12.0. The minimum absolute atomic E-state index is 0.143. The molecule has 3 rings (SSSR count). The maximum atomic E-state index is 5.60. The van der Waals surface area contributed by atoms with Crippen LogP contribution in [-0.2, 0) is 0 Å². The predicted octanol–water partition coefficient (Wildman–Crippen LogP) is 4.78. The van der Waals surface area contributed by atoms with Crippen molar-refractivity contribution in [3.05, 3.63) is 72.3 Å². The molecule has 5 nitrogen and oxygen atoms in total. The Hall–Kier alpha value is -2.73. The molecule has 1 heterocycles. The van der Waals surface area contributed by atoms with E-state index in [1.165, 1.54) is 17.5 Å². The number of rotatable bonds is 5. The van der Waals surface area contributed by atoms with Crippen LogP contribution in [0.4, 0.5) is 5.69 Å². The molecule has 0 amide bonds. The molecule has 0 aliphatic rings. The molecule has 0 saturated carbocycles. The number of aromatic nitrogens is 3. The monoisotopic (exact) mass is 379 g/mol. The van der Waals surface area contributed by atoms with E-state index in [0.29, 0.717) is 11.0 Å². The zero-order valence-corrected chi connectivity index (χ0v) is 16.9. The van der Waals surface area contributed by atoms with Crippen molar-refractivity contribution >= 4 is 23.0 Å². The second kappa shape index (κ2) is 8.31. The highest BCUT2D eigenvalue weighted by Crippen LogP contribution is 2.22. The highest BCUT2D eigenvalue weighted by molar-refractivity contribution is 7.80. The first-order valence-electron chi connectivity index (χ1n) is 9.04. The largest absolute Gasteiger partial charge is 0.345 e. The molecule has 0 aliphatic carbocycles. The smallest absolute Gasteiger partial charge is 0.173 e. The summed E-state index contributed by atoms with van der Waals surface area (Å²) in [5, 5.41) is 8.17. The summed E-state index contributed by atoms with van der Waals surface area (Å²) in [7, 11) is 2.01. The van der Waals surface area contributed by atoms with E-state index in [0.717, 1.165) is 11.4 Å². The van der Waals surface area contributed by atoms with Crippen LogP contribution in [0.5, 0.6) is 0 Å². The number of nitrogens with one attached hydrogen (secondary N) is 1. The molecule has 0 fully saturated rings. The minimum Gasteiger partial charge on any atom is -0.345 e. The van der Waals surface area contributed by atoms with Gasteiger partial charge in [-0.1, -0.05) is 38.1 Å². The molecule has 0 aliphatic heterocycles. The summed E-state index contributed by atoms with van der Waals surface area (Å²) in [5.41, 5.74) is 4.49. The minimum atomic E-state index is 0.143. The van der Waals surface area contributed by atoms with Crippen molar-refractivity contribution < 1.29 is 0 Å². The first-order chi connectivity index (χ1) is 13.0. The summed E-state index contributed by atoms with van der Waals surface area (Å²) < 4.78 is 1.74. The molecule has 1 aromatic heterocycles. The Bertz CT molecular complexity index is 870. The summed E-state index contributed by atoms with van der Waals surface area (Å²) in [4.78, 5) is 6.05. The van der Waals surface area contributed by atoms with Crippen LogP contribution in [0.15, 0.2) is 61.2 Å². The lowest BCUT2D eigenvalue weighted by Crippen LogP contribution is -2.33. The van der Waals surface area contributed by atoms with Gasteiger partial charge in [0.05, 0.1) is 11.7 Å². The molecule has 6 heteroatoms. The predicted molar refractivity (Wildman–Crippen MR) is 114 cm³/mol. The zero-order valence-electron chi connectivity index (χ0n) is 16.1. The highest BCUT2D eigenvalue weighted by atomic mass is 32.1. The molecule has 0 unspecified atom stereocenters. The van der Waals surface area contributed by atoms with Gasteiger partial charge < -0.3 is 10.2 Å². The topological polar surface area (TPSA) is 46.0 Å². The fourth-order valence-electron chi connectivity index (χ4n) is 2.81. The number of hydrogen-bond donors (Lipinski definition) is 1. The summed E-state index contributed by atoms with van der Waals surface area (Å²) in [6.45, 7) is 6.52. The molecule has 0 spiro atoms. The van der Waals surface area contributed by atoms with Crippen molar-refractivity contribution in [1.29, 1.82) is 0 Å². The Labute approximate surface area is 166 Å². The fraction of sp³-hybridized carbons (Fsp3) is 0.286. The third-order valence-electron chi connectivity index (χ3n) is 4.79. The average Bonchev–Trinajstić information content (AvgIpc) is 3.22. The third kappa shape index (κ3) is 4.52. The van der Waals surface area contributed by atoms with Gasteiger partial charge in [0, 0.05) is 12.7 Å². The lowest BCUT2D eigenvalue weighted by molar-refractivity contribution is 0.408. The van der Waals surface area contributed by atoms with Gasteiger partial charge in [0.1, 0.15) is 12.7 Å². The zero-order chi connectivity index (χ0) is 19.4. The van der Waals surface area contributed by atoms with E-state index < -0.39 is 0 Å². The molecule has 1 atom stereocenters. The van der Waals surface area contributed by atoms with Crippen LogP contribution in [0.25, 0.3) is 5.69 Å². The Balaban J connectivity index is 1.65. The van der Waals surface area contributed by atoms with Crippen molar-refractivity contribution in [2.24, 2.45) is 0 Å². The van der Waals surface area contributed by atoms with Crippen molar-refractivity contribution in [1.82, 2.24) is 19.7 Å². The Morgan fingerprint density at radius 1 is 1.00 bits per heavy atom. The molecular weight excluding hydrogens is 354 g/mol. The molecule has 2 aromatic carbocycles. The van der Waals surface area contributed by atoms with E-state index in [9.17, 15) is 0 Å². The van der Waals surface area contributed by atoms with E-state index in [2.05, 4.69) is 77.5 Å². The van der Waals surface area contributed by atoms with Gasteiger partial charge in [-0.25, -0.2) is 9.67 Å². The van der Waals surface area contributed by atoms with Crippen LogP contribution >= 0.6 is 12.2 Å². The first-order valence-corrected chi connectivity index (χ1v) is 9.45. The van der Waals surface area contributed by atoms with Crippen LogP contribution in [0.3, 0.4) is 0 Å². The van der Waals surface area contributed by atoms with Crippen LogP contribution in [0, 0.1) is 0 Å². The SMILES string of the molecule is CC(C)c1ccc(NC(=S)N(C)[C@@H](C)c2ccc(-n3cncn3)cc2)cc1. The lowest BCUT2D eigenvalue weighted by Gasteiger charge is -2.28. The van der Waals surface area contributed by atoms with E-state index >= 15 is 0 Å². The van der Waals surface area contributed by atoms with Crippen LogP contribution in [0.2, 0.25) is 0 Å². The summed E-state index contributed by atoms with van der Waals surface area (Å²) >= 11 is 5.60. The van der Waals surface area contributed by atoms with Crippen LogP contribution < -0.4 is 5.32 Å². The van der Waals surface area contributed by atoms with Gasteiger partial charge in [0.25, 0.3) is 0 Å². The van der Waals surface area contributed by atoms with Crippen LogP contribution in [0.1, 0.15) is 43.9 Å². The van der Waals surface area contributed by atoms with Gasteiger partial charge in [-0.05, 0) is 60.5 Å². The molecular formula is C21H25N5S. The Morgan fingerprint density at radius 3 is 2.19 bits per heavy atom. The third-order valence-corrected chi connectivity index (χ3v) is 5.18. The Kier molecular flexibility index (Phi) is 5.86.